The largest absolute Gasteiger partial charge is 0.0610 e. The summed E-state index contributed by atoms with van der Waals surface area (Å²) in [6.07, 6.45) is 0. The first-order valence-corrected chi connectivity index (χ1v) is 13.2. The van der Waals surface area contributed by atoms with Gasteiger partial charge in [0, 0.05) is 0 Å². The predicted molar refractivity (Wildman–Crippen MR) is 157 cm³/mol. The van der Waals surface area contributed by atoms with Gasteiger partial charge in [-0.25, -0.2) is 0 Å². The van der Waals surface area contributed by atoms with Gasteiger partial charge in [-0.05, 0) is 78.7 Å². The maximum atomic E-state index is 2.41. The maximum absolute atomic E-state index is 2.41. The highest BCUT2D eigenvalue weighted by atomic mass is 14.3. The first-order chi connectivity index (χ1) is 15.8. The lowest BCUT2D eigenvalue weighted by Crippen LogP contribution is -2.17. The molecule has 0 aliphatic carbocycles. The van der Waals surface area contributed by atoms with Crippen LogP contribution in [0.2, 0.25) is 0 Å². The monoisotopic (exact) mass is 468 g/mol. The fourth-order valence-corrected chi connectivity index (χ4v) is 4.56. The van der Waals surface area contributed by atoms with E-state index >= 15 is 0 Å². The van der Waals surface area contributed by atoms with E-state index in [4.69, 9.17) is 0 Å². The molecular weight excluding hydrogens is 420 g/mol. The van der Waals surface area contributed by atoms with E-state index in [1.807, 2.05) is 0 Å². The molecule has 0 aliphatic rings. The Morgan fingerprint density at radius 3 is 0.886 bits per heavy atom. The highest BCUT2D eigenvalue weighted by Gasteiger charge is 2.23. The first-order valence-electron chi connectivity index (χ1n) is 13.2. The summed E-state index contributed by atoms with van der Waals surface area (Å²) in [7, 11) is 0. The summed E-state index contributed by atoms with van der Waals surface area (Å²) >= 11 is 0. The summed E-state index contributed by atoms with van der Waals surface area (Å²) in [5, 5.41) is 0. The number of rotatable bonds is 2. The standard InChI is InChI=1S/C35H48/c1-23-30(24-17-26(32(2,3)4)21-27(18-24)33(5,6)7)15-14-16-31(23)25-19-28(34(8,9)10)22-29(20-25)35(11,12)13/h14-22H,1-13H3. The van der Waals surface area contributed by atoms with Crippen molar-refractivity contribution in [1.82, 2.24) is 0 Å². The molecule has 0 nitrogen and oxygen atoms in total. The van der Waals surface area contributed by atoms with Crippen LogP contribution in [0.15, 0.2) is 54.6 Å². The van der Waals surface area contributed by atoms with E-state index in [0.717, 1.165) is 0 Å². The van der Waals surface area contributed by atoms with Crippen molar-refractivity contribution in [2.45, 2.75) is 112 Å². The van der Waals surface area contributed by atoms with Gasteiger partial charge < -0.3 is 0 Å². The highest BCUT2D eigenvalue weighted by molar-refractivity contribution is 5.79. The molecule has 0 atom stereocenters. The highest BCUT2D eigenvalue weighted by Crippen LogP contribution is 2.39. The SMILES string of the molecule is Cc1c(-c2cc(C(C)(C)C)cc(C(C)(C)C)c2)cccc1-c1cc(C(C)(C)C)cc(C(C)(C)C)c1. The van der Waals surface area contributed by atoms with Gasteiger partial charge in [-0.15, -0.1) is 0 Å². The Hall–Kier alpha value is -2.34. The van der Waals surface area contributed by atoms with Gasteiger partial charge in [0.15, 0.2) is 0 Å². The van der Waals surface area contributed by atoms with E-state index in [0.29, 0.717) is 0 Å². The molecule has 0 saturated heterocycles. The normalized spacial score (nSPS) is 13.3. The number of benzene rings is 3. The molecule has 0 bridgehead atoms. The predicted octanol–water partition coefficient (Wildman–Crippen LogP) is 10.5. The van der Waals surface area contributed by atoms with Crippen molar-refractivity contribution in [1.29, 1.82) is 0 Å². The fourth-order valence-electron chi connectivity index (χ4n) is 4.56. The van der Waals surface area contributed by atoms with Gasteiger partial charge in [-0.3, -0.25) is 0 Å². The summed E-state index contributed by atoms with van der Waals surface area (Å²) in [6, 6.07) is 21.3. The van der Waals surface area contributed by atoms with Gasteiger partial charge in [0.1, 0.15) is 0 Å². The van der Waals surface area contributed by atoms with Gasteiger partial charge in [-0.2, -0.15) is 0 Å². The molecule has 0 aliphatic heterocycles. The molecule has 0 fully saturated rings. The van der Waals surface area contributed by atoms with E-state index in [2.05, 4.69) is 145 Å². The quantitative estimate of drug-likeness (QED) is 0.351. The molecule has 0 heterocycles. The van der Waals surface area contributed by atoms with Gasteiger partial charge in [0.05, 0.1) is 0 Å². The van der Waals surface area contributed by atoms with Crippen LogP contribution in [0.25, 0.3) is 22.3 Å². The molecule has 35 heavy (non-hydrogen) atoms. The maximum Gasteiger partial charge on any atom is -0.0132 e. The Bertz CT molecular complexity index is 1050. The van der Waals surface area contributed by atoms with Gasteiger partial charge in [-0.1, -0.05) is 138 Å². The lowest BCUT2D eigenvalue weighted by Gasteiger charge is -2.27. The van der Waals surface area contributed by atoms with Crippen LogP contribution in [0, 0.1) is 6.92 Å². The zero-order valence-corrected chi connectivity index (χ0v) is 24.7. The molecule has 188 valence electrons. The summed E-state index contributed by atoms with van der Waals surface area (Å²) < 4.78 is 0. The summed E-state index contributed by atoms with van der Waals surface area (Å²) in [5.41, 5.74) is 12.7. The van der Waals surface area contributed by atoms with Crippen LogP contribution < -0.4 is 0 Å². The average molecular weight is 469 g/mol. The second-order valence-electron chi connectivity index (χ2n) is 14.6. The smallest absolute Gasteiger partial charge is 0.0132 e. The number of hydrogen-bond donors (Lipinski definition) is 0. The van der Waals surface area contributed by atoms with E-state index < -0.39 is 0 Å². The van der Waals surface area contributed by atoms with Crippen molar-refractivity contribution in [2.24, 2.45) is 0 Å². The minimum atomic E-state index is 0.101. The summed E-state index contributed by atoms with van der Waals surface area (Å²) in [5.74, 6) is 0. The molecule has 3 aromatic rings. The molecule has 0 aromatic heterocycles. The molecule has 3 aromatic carbocycles. The zero-order valence-electron chi connectivity index (χ0n) is 24.7. The van der Waals surface area contributed by atoms with Crippen molar-refractivity contribution in [3.05, 3.63) is 82.4 Å². The Balaban J connectivity index is 2.29. The van der Waals surface area contributed by atoms with Crippen molar-refractivity contribution < 1.29 is 0 Å². The minimum Gasteiger partial charge on any atom is -0.0610 e. The molecule has 3 rings (SSSR count). The Kier molecular flexibility index (Phi) is 6.97. The Labute approximate surface area is 216 Å². The van der Waals surface area contributed by atoms with Gasteiger partial charge in [0.2, 0.25) is 0 Å². The summed E-state index contributed by atoms with van der Waals surface area (Å²) in [6.45, 7) is 30.1. The lowest BCUT2D eigenvalue weighted by molar-refractivity contribution is 0.568. The third-order valence-electron chi connectivity index (χ3n) is 7.29. The lowest BCUT2D eigenvalue weighted by atomic mass is 9.77. The van der Waals surface area contributed by atoms with Crippen LogP contribution >= 0.6 is 0 Å². The second-order valence-corrected chi connectivity index (χ2v) is 14.6. The third-order valence-corrected chi connectivity index (χ3v) is 7.29. The van der Waals surface area contributed by atoms with Crippen molar-refractivity contribution in [3.63, 3.8) is 0 Å². The van der Waals surface area contributed by atoms with Crippen LogP contribution in [-0.2, 0) is 21.7 Å². The van der Waals surface area contributed by atoms with Gasteiger partial charge >= 0.3 is 0 Å². The van der Waals surface area contributed by atoms with Crippen LogP contribution in [0.5, 0.6) is 0 Å². The van der Waals surface area contributed by atoms with Crippen LogP contribution in [-0.4, -0.2) is 0 Å². The van der Waals surface area contributed by atoms with E-state index in [1.165, 1.54) is 50.1 Å². The van der Waals surface area contributed by atoms with Crippen molar-refractivity contribution in [2.75, 3.05) is 0 Å². The Morgan fingerprint density at radius 1 is 0.400 bits per heavy atom. The van der Waals surface area contributed by atoms with Crippen LogP contribution in [0.4, 0.5) is 0 Å². The molecule has 0 N–H and O–H groups in total. The Morgan fingerprint density at radius 2 is 0.657 bits per heavy atom. The first kappa shape index (κ1) is 27.3. The minimum absolute atomic E-state index is 0.101. The van der Waals surface area contributed by atoms with E-state index in [9.17, 15) is 0 Å². The molecule has 0 radical (unpaired) electrons. The van der Waals surface area contributed by atoms with E-state index in [1.54, 1.807) is 0 Å². The molecule has 0 unspecified atom stereocenters. The summed E-state index contributed by atoms with van der Waals surface area (Å²) in [4.78, 5) is 0. The molecular formula is C35H48. The van der Waals surface area contributed by atoms with E-state index in [-0.39, 0.29) is 21.7 Å². The van der Waals surface area contributed by atoms with Crippen LogP contribution in [0.3, 0.4) is 0 Å². The van der Waals surface area contributed by atoms with Crippen LogP contribution in [0.1, 0.15) is 111 Å². The van der Waals surface area contributed by atoms with Crippen molar-refractivity contribution >= 4 is 0 Å². The molecule has 0 spiro atoms. The average Bonchev–Trinajstić information content (AvgIpc) is 2.70. The van der Waals surface area contributed by atoms with Crippen molar-refractivity contribution in [3.8, 4) is 22.3 Å². The second kappa shape index (κ2) is 8.95. The third kappa shape index (κ3) is 6.08. The topological polar surface area (TPSA) is 0 Å². The zero-order chi connectivity index (χ0) is 26.6. The number of hydrogen-bond acceptors (Lipinski definition) is 0. The molecule has 0 heteroatoms. The molecule has 0 saturated carbocycles. The van der Waals surface area contributed by atoms with Gasteiger partial charge in [0.25, 0.3) is 0 Å². The molecule has 0 amide bonds. The fraction of sp³-hybridized carbons (Fsp3) is 0.486.